The molecule has 24 heavy (non-hydrogen) atoms. The molecule has 2 aromatic heterocycles. The number of halogens is 1. The molecule has 2 rings (SSSR count). The van der Waals surface area contributed by atoms with Crippen LogP contribution in [0.3, 0.4) is 0 Å². The van der Waals surface area contributed by atoms with E-state index >= 15 is 0 Å². The maximum atomic E-state index is 12.1. The molecule has 0 aliphatic rings. The molecule has 0 saturated heterocycles. The average molecular weight is 349 g/mol. The predicted octanol–water partition coefficient (Wildman–Crippen LogP) is 1.16. The van der Waals surface area contributed by atoms with E-state index in [1.54, 1.807) is 6.92 Å². The number of nitrogens with zero attached hydrogens (tertiary/aromatic N) is 3. The van der Waals surface area contributed by atoms with Gasteiger partial charge in [0.1, 0.15) is 22.9 Å². The Balaban J connectivity index is 1.94. The highest BCUT2D eigenvalue weighted by atomic mass is 35.5. The van der Waals surface area contributed by atoms with Crippen LogP contribution >= 0.6 is 11.6 Å². The smallest absolute Gasteiger partial charge is 0.269 e. The lowest BCUT2D eigenvalue weighted by atomic mass is 10.1. The van der Waals surface area contributed by atoms with Crippen LogP contribution in [0.2, 0.25) is 5.02 Å². The second-order valence-electron chi connectivity index (χ2n) is 5.22. The van der Waals surface area contributed by atoms with Gasteiger partial charge >= 0.3 is 0 Å². The number of anilines is 1. The van der Waals surface area contributed by atoms with Crippen LogP contribution in [-0.4, -0.2) is 39.4 Å². The fourth-order valence-corrected chi connectivity index (χ4v) is 2.14. The topological polar surface area (TPSA) is 123 Å². The molecule has 0 unspecified atom stereocenters. The van der Waals surface area contributed by atoms with Crippen molar-refractivity contribution in [2.24, 2.45) is 5.73 Å². The molecule has 2 amide bonds. The third kappa shape index (κ3) is 4.39. The molecule has 0 radical (unpaired) electrons. The molecule has 8 nitrogen and oxygen atoms in total. The second-order valence-corrected chi connectivity index (χ2v) is 5.63. The summed E-state index contributed by atoms with van der Waals surface area (Å²) in [6, 6.07) is 1.40. The van der Waals surface area contributed by atoms with Crippen LogP contribution in [-0.2, 0) is 0 Å². The van der Waals surface area contributed by atoms with Crippen LogP contribution < -0.4 is 16.4 Å². The fraction of sp³-hybridized carbons (Fsp3) is 0.267. The van der Waals surface area contributed by atoms with Gasteiger partial charge in [0.15, 0.2) is 0 Å². The molecule has 2 heterocycles. The van der Waals surface area contributed by atoms with Gasteiger partial charge in [0.25, 0.3) is 11.8 Å². The van der Waals surface area contributed by atoms with Crippen molar-refractivity contribution in [3.8, 4) is 0 Å². The Labute approximate surface area is 143 Å². The van der Waals surface area contributed by atoms with Crippen molar-refractivity contribution in [1.82, 2.24) is 20.3 Å². The molecular weight excluding hydrogens is 332 g/mol. The number of hydrogen-bond acceptors (Lipinski definition) is 6. The number of aryl methyl sites for hydroxylation is 1. The Morgan fingerprint density at radius 1 is 1.33 bits per heavy atom. The van der Waals surface area contributed by atoms with Gasteiger partial charge < -0.3 is 16.4 Å². The highest BCUT2D eigenvalue weighted by Gasteiger charge is 2.13. The molecule has 2 aromatic rings. The van der Waals surface area contributed by atoms with Gasteiger partial charge in [-0.3, -0.25) is 14.6 Å². The van der Waals surface area contributed by atoms with Crippen molar-refractivity contribution in [1.29, 1.82) is 0 Å². The van der Waals surface area contributed by atoms with E-state index < -0.39 is 5.91 Å². The van der Waals surface area contributed by atoms with Crippen molar-refractivity contribution in [3.63, 3.8) is 0 Å². The quantitative estimate of drug-likeness (QED) is 0.720. The molecule has 0 bridgehead atoms. The largest absolute Gasteiger partial charge is 0.366 e. The molecule has 0 aliphatic heterocycles. The third-order valence-electron chi connectivity index (χ3n) is 3.23. The van der Waals surface area contributed by atoms with Gasteiger partial charge in [-0.05, 0) is 25.5 Å². The van der Waals surface area contributed by atoms with Crippen molar-refractivity contribution >= 4 is 29.2 Å². The zero-order chi connectivity index (χ0) is 17.7. The molecule has 4 N–H and O–H groups in total. The number of nitrogens with one attached hydrogen (secondary N) is 2. The summed E-state index contributed by atoms with van der Waals surface area (Å²) in [4.78, 5) is 35.1. The number of rotatable bonds is 6. The first-order chi connectivity index (χ1) is 11.4. The highest BCUT2D eigenvalue weighted by Crippen LogP contribution is 2.16. The lowest BCUT2D eigenvalue weighted by Crippen LogP contribution is -2.35. The molecule has 0 aliphatic carbocycles. The van der Waals surface area contributed by atoms with Crippen molar-refractivity contribution in [3.05, 3.63) is 46.6 Å². The van der Waals surface area contributed by atoms with E-state index in [2.05, 4.69) is 25.6 Å². The first-order valence-corrected chi connectivity index (χ1v) is 7.53. The van der Waals surface area contributed by atoms with Crippen LogP contribution in [0.15, 0.2) is 24.8 Å². The Morgan fingerprint density at radius 3 is 2.71 bits per heavy atom. The summed E-state index contributed by atoms with van der Waals surface area (Å²) in [5, 5.41) is 6.22. The first kappa shape index (κ1) is 17.6. The summed E-state index contributed by atoms with van der Waals surface area (Å²) in [6.45, 7) is 3.89. The van der Waals surface area contributed by atoms with Gasteiger partial charge in [0.2, 0.25) is 0 Å². The maximum absolute atomic E-state index is 12.1. The zero-order valence-electron chi connectivity index (χ0n) is 13.2. The molecule has 0 fully saturated rings. The summed E-state index contributed by atoms with van der Waals surface area (Å²) >= 11 is 5.96. The summed E-state index contributed by atoms with van der Waals surface area (Å²) in [5.41, 5.74) is 6.32. The Bertz CT molecular complexity index is 767. The summed E-state index contributed by atoms with van der Waals surface area (Å²) in [5.74, 6) is -0.434. The number of aromatic nitrogens is 3. The monoisotopic (exact) mass is 348 g/mol. The van der Waals surface area contributed by atoms with E-state index in [4.69, 9.17) is 17.3 Å². The number of amides is 2. The summed E-state index contributed by atoms with van der Waals surface area (Å²) in [7, 11) is 0. The Kier molecular flexibility index (Phi) is 5.64. The van der Waals surface area contributed by atoms with E-state index in [9.17, 15) is 9.59 Å². The van der Waals surface area contributed by atoms with Gasteiger partial charge in [0, 0.05) is 18.8 Å². The molecule has 0 aromatic carbocycles. The third-order valence-corrected chi connectivity index (χ3v) is 3.51. The first-order valence-electron chi connectivity index (χ1n) is 7.15. The standard InChI is InChI=1S/C15H17ClN6O2/c1-8-3-12(19-5-10(8)13(17)23)15(24)20-4-9(2)22-14-11(16)6-18-7-21-14/h3,5-7,9H,4H2,1-2H3,(H2,17,23)(H,20,24)(H,18,21,22)/t9-/m0/s1. The number of carbonyl (C=O) groups is 2. The number of nitrogens with two attached hydrogens (primary N) is 1. The average Bonchev–Trinajstić information content (AvgIpc) is 2.54. The van der Waals surface area contributed by atoms with Crippen LogP contribution in [0.1, 0.15) is 33.3 Å². The molecule has 9 heteroatoms. The van der Waals surface area contributed by atoms with Gasteiger partial charge in [-0.2, -0.15) is 0 Å². The van der Waals surface area contributed by atoms with E-state index in [1.807, 2.05) is 6.92 Å². The minimum Gasteiger partial charge on any atom is -0.366 e. The Hall–Kier alpha value is -2.74. The van der Waals surface area contributed by atoms with Gasteiger partial charge in [0.05, 0.1) is 11.8 Å². The van der Waals surface area contributed by atoms with Crippen molar-refractivity contribution in [2.45, 2.75) is 19.9 Å². The van der Waals surface area contributed by atoms with Crippen LogP contribution in [0.5, 0.6) is 0 Å². The molecule has 0 saturated carbocycles. The van der Waals surface area contributed by atoms with Gasteiger partial charge in [-0.15, -0.1) is 0 Å². The summed E-state index contributed by atoms with van der Waals surface area (Å²) < 4.78 is 0. The van der Waals surface area contributed by atoms with Gasteiger partial charge in [-0.25, -0.2) is 9.97 Å². The Morgan fingerprint density at radius 2 is 2.08 bits per heavy atom. The highest BCUT2D eigenvalue weighted by molar-refractivity contribution is 6.32. The van der Waals surface area contributed by atoms with E-state index in [1.165, 1.54) is 24.8 Å². The van der Waals surface area contributed by atoms with Gasteiger partial charge in [-0.1, -0.05) is 11.6 Å². The maximum Gasteiger partial charge on any atom is 0.269 e. The van der Waals surface area contributed by atoms with Crippen LogP contribution in [0, 0.1) is 6.92 Å². The second kappa shape index (κ2) is 7.69. The zero-order valence-corrected chi connectivity index (χ0v) is 14.0. The number of hydrogen-bond donors (Lipinski definition) is 3. The summed E-state index contributed by atoms with van der Waals surface area (Å²) in [6.07, 6.45) is 4.16. The minimum atomic E-state index is -0.577. The fourth-order valence-electron chi connectivity index (χ4n) is 1.98. The lowest BCUT2D eigenvalue weighted by Gasteiger charge is -2.16. The number of carbonyl (C=O) groups excluding carboxylic acids is 2. The molecular formula is C15H17ClN6O2. The SMILES string of the molecule is Cc1cc(C(=O)NC[C@H](C)Nc2ncncc2Cl)ncc1C(N)=O. The molecule has 0 spiro atoms. The lowest BCUT2D eigenvalue weighted by molar-refractivity contribution is 0.0944. The number of primary amides is 1. The predicted molar refractivity (Wildman–Crippen MR) is 90.0 cm³/mol. The molecule has 126 valence electrons. The van der Waals surface area contributed by atoms with E-state index in [0.29, 0.717) is 28.5 Å². The molecule has 1 atom stereocenters. The van der Waals surface area contributed by atoms with E-state index in [0.717, 1.165) is 0 Å². The minimum absolute atomic E-state index is 0.118. The normalized spacial score (nSPS) is 11.6. The van der Waals surface area contributed by atoms with Crippen molar-refractivity contribution < 1.29 is 9.59 Å². The van der Waals surface area contributed by atoms with Crippen LogP contribution in [0.4, 0.5) is 5.82 Å². The van der Waals surface area contributed by atoms with Crippen LogP contribution in [0.25, 0.3) is 0 Å². The van der Waals surface area contributed by atoms with E-state index in [-0.39, 0.29) is 17.6 Å². The van der Waals surface area contributed by atoms with Crippen molar-refractivity contribution in [2.75, 3.05) is 11.9 Å². The number of pyridine rings is 1.